The molecule has 1 aromatic rings. The van der Waals surface area contributed by atoms with Crippen LogP contribution in [0.5, 0.6) is 5.75 Å². The second-order valence-electron chi connectivity index (χ2n) is 5.10. The largest absolute Gasteiger partial charge is 0.435 e. The summed E-state index contributed by atoms with van der Waals surface area (Å²) in [4.78, 5) is 2.09. The maximum Gasteiger partial charge on any atom is 0.387 e. The molecular formula is C15H24F2N2O2. The van der Waals surface area contributed by atoms with Crippen molar-refractivity contribution in [2.75, 3.05) is 26.7 Å². The van der Waals surface area contributed by atoms with E-state index in [-0.39, 0.29) is 17.9 Å². The predicted molar refractivity (Wildman–Crippen MR) is 78.6 cm³/mol. The fourth-order valence-corrected chi connectivity index (χ4v) is 2.03. The molecule has 0 spiro atoms. The van der Waals surface area contributed by atoms with Gasteiger partial charge in [0.2, 0.25) is 0 Å². The van der Waals surface area contributed by atoms with Crippen LogP contribution in [0.15, 0.2) is 24.3 Å². The van der Waals surface area contributed by atoms with Crippen molar-refractivity contribution in [2.45, 2.75) is 32.6 Å². The molecule has 6 heteroatoms. The van der Waals surface area contributed by atoms with Crippen molar-refractivity contribution >= 4 is 0 Å². The fourth-order valence-electron chi connectivity index (χ4n) is 2.03. The first-order valence-electron chi connectivity index (χ1n) is 7.00. The Kier molecular flexibility index (Phi) is 7.56. The molecule has 120 valence electrons. The van der Waals surface area contributed by atoms with Crippen molar-refractivity contribution in [1.82, 2.24) is 4.90 Å². The van der Waals surface area contributed by atoms with Crippen molar-refractivity contribution in [3.05, 3.63) is 29.8 Å². The van der Waals surface area contributed by atoms with Crippen LogP contribution in [0.2, 0.25) is 0 Å². The van der Waals surface area contributed by atoms with Gasteiger partial charge >= 0.3 is 6.61 Å². The van der Waals surface area contributed by atoms with Crippen molar-refractivity contribution in [2.24, 2.45) is 5.73 Å². The summed E-state index contributed by atoms with van der Waals surface area (Å²) in [6, 6.07) is 6.59. The first-order chi connectivity index (χ1) is 9.93. The first kappa shape index (κ1) is 17.8. The minimum Gasteiger partial charge on any atom is -0.435 e. The number of hydrogen-bond donors (Lipinski definition) is 1. The van der Waals surface area contributed by atoms with Gasteiger partial charge in [-0.15, -0.1) is 0 Å². The van der Waals surface area contributed by atoms with Gasteiger partial charge in [0.1, 0.15) is 5.75 Å². The number of likely N-dealkylation sites (N-methyl/N-ethyl adjacent to an activating group) is 1. The number of rotatable bonds is 9. The molecule has 0 aliphatic heterocycles. The Morgan fingerprint density at radius 3 is 2.29 bits per heavy atom. The summed E-state index contributed by atoms with van der Waals surface area (Å²) in [5.41, 5.74) is 6.79. The Morgan fingerprint density at radius 2 is 1.81 bits per heavy atom. The lowest BCUT2D eigenvalue weighted by molar-refractivity contribution is -0.0498. The Labute approximate surface area is 124 Å². The lowest BCUT2D eigenvalue weighted by atomic mass is 10.1. The van der Waals surface area contributed by atoms with Gasteiger partial charge in [0.05, 0.1) is 12.7 Å². The second kappa shape index (κ2) is 8.92. The molecule has 1 unspecified atom stereocenters. The van der Waals surface area contributed by atoms with Crippen LogP contribution in [-0.4, -0.2) is 44.4 Å². The van der Waals surface area contributed by atoms with E-state index in [1.807, 2.05) is 20.9 Å². The number of benzene rings is 1. The van der Waals surface area contributed by atoms with E-state index in [0.717, 1.165) is 12.1 Å². The van der Waals surface area contributed by atoms with Gasteiger partial charge in [-0.1, -0.05) is 12.1 Å². The Bertz CT molecular complexity index is 399. The SMILES string of the molecule is CC(C)OCCN(C)C(CN)c1ccc(OC(F)F)cc1. The average molecular weight is 302 g/mol. The van der Waals surface area contributed by atoms with Crippen LogP contribution in [0, 0.1) is 0 Å². The third-order valence-corrected chi connectivity index (χ3v) is 3.14. The summed E-state index contributed by atoms with van der Waals surface area (Å²) >= 11 is 0. The van der Waals surface area contributed by atoms with E-state index in [1.165, 1.54) is 12.1 Å². The van der Waals surface area contributed by atoms with Gasteiger partial charge in [-0.05, 0) is 38.6 Å². The van der Waals surface area contributed by atoms with Gasteiger partial charge in [-0.3, -0.25) is 4.90 Å². The molecule has 0 bridgehead atoms. The molecule has 0 heterocycles. The molecule has 0 saturated carbocycles. The number of hydrogen-bond acceptors (Lipinski definition) is 4. The summed E-state index contributed by atoms with van der Waals surface area (Å²) in [5.74, 6) is 0.148. The number of nitrogens with zero attached hydrogens (tertiary/aromatic N) is 1. The second-order valence-corrected chi connectivity index (χ2v) is 5.10. The number of ether oxygens (including phenoxy) is 2. The molecular weight excluding hydrogens is 278 g/mol. The van der Waals surface area contributed by atoms with Crippen LogP contribution >= 0.6 is 0 Å². The van der Waals surface area contributed by atoms with E-state index in [9.17, 15) is 8.78 Å². The average Bonchev–Trinajstić information content (AvgIpc) is 2.40. The third kappa shape index (κ3) is 6.37. The molecule has 4 nitrogen and oxygen atoms in total. The zero-order chi connectivity index (χ0) is 15.8. The number of alkyl halides is 2. The molecule has 2 N–H and O–H groups in total. The van der Waals surface area contributed by atoms with Gasteiger partial charge in [0, 0.05) is 19.1 Å². The molecule has 0 aromatic heterocycles. The van der Waals surface area contributed by atoms with Crippen molar-refractivity contribution in [3.63, 3.8) is 0 Å². The zero-order valence-corrected chi connectivity index (χ0v) is 12.8. The monoisotopic (exact) mass is 302 g/mol. The molecule has 0 saturated heterocycles. The van der Waals surface area contributed by atoms with Crippen molar-refractivity contribution in [1.29, 1.82) is 0 Å². The molecule has 0 aliphatic carbocycles. The third-order valence-electron chi connectivity index (χ3n) is 3.14. The standard InChI is InChI=1S/C15H24F2N2O2/c1-11(2)20-9-8-19(3)14(10-18)12-4-6-13(7-5-12)21-15(16)17/h4-7,11,14-15H,8-10,18H2,1-3H3. The Morgan fingerprint density at radius 1 is 1.19 bits per heavy atom. The maximum atomic E-state index is 12.1. The van der Waals surface area contributed by atoms with Crippen molar-refractivity contribution in [3.8, 4) is 5.75 Å². The van der Waals surface area contributed by atoms with Crippen molar-refractivity contribution < 1.29 is 18.3 Å². The number of nitrogens with two attached hydrogens (primary N) is 1. The highest BCUT2D eigenvalue weighted by Crippen LogP contribution is 2.22. The summed E-state index contributed by atoms with van der Waals surface area (Å²) in [5, 5.41) is 0. The summed E-state index contributed by atoms with van der Waals surface area (Å²) in [7, 11) is 1.96. The van der Waals surface area contributed by atoms with Crippen LogP contribution in [-0.2, 0) is 4.74 Å². The van der Waals surface area contributed by atoms with Gasteiger partial charge in [-0.25, -0.2) is 0 Å². The zero-order valence-electron chi connectivity index (χ0n) is 12.8. The van der Waals surface area contributed by atoms with Gasteiger partial charge in [0.15, 0.2) is 0 Å². The minimum atomic E-state index is -2.81. The maximum absolute atomic E-state index is 12.1. The highest BCUT2D eigenvalue weighted by Gasteiger charge is 2.16. The van der Waals surface area contributed by atoms with E-state index in [2.05, 4.69) is 9.64 Å². The molecule has 0 amide bonds. The molecule has 1 rings (SSSR count). The minimum absolute atomic E-state index is 0.0152. The van der Waals surface area contributed by atoms with Crippen LogP contribution < -0.4 is 10.5 Å². The first-order valence-corrected chi connectivity index (χ1v) is 7.00. The van der Waals surface area contributed by atoms with Crippen LogP contribution in [0.1, 0.15) is 25.5 Å². The molecule has 1 atom stereocenters. The highest BCUT2D eigenvalue weighted by atomic mass is 19.3. The summed E-state index contributed by atoms with van der Waals surface area (Å²) in [6.07, 6.45) is 0.195. The predicted octanol–water partition coefficient (Wildman–Crippen LogP) is 2.64. The van der Waals surface area contributed by atoms with E-state index in [1.54, 1.807) is 12.1 Å². The van der Waals surface area contributed by atoms with E-state index < -0.39 is 6.61 Å². The lowest BCUT2D eigenvalue weighted by Gasteiger charge is -2.27. The summed E-state index contributed by atoms with van der Waals surface area (Å²) < 4.78 is 34.1. The van der Waals surface area contributed by atoms with Crippen LogP contribution in [0.4, 0.5) is 8.78 Å². The number of halogens is 2. The Hall–Kier alpha value is -1.24. The molecule has 0 radical (unpaired) electrons. The summed E-state index contributed by atoms with van der Waals surface area (Å²) in [6.45, 7) is 2.97. The smallest absolute Gasteiger partial charge is 0.387 e. The van der Waals surface area contributed by atoms with Gasteiger partial charge in [0.25, 0.3) is 0 Å². The molecule has 1 aromatic carbocycles. The van der Waals surface area contributed by atoms with E-state index in [0.29, 0.717) is 13.2 Å². The van der Waals surface area contributed by atoms with Crippen LogP contribution in [0.3, 0.4) is 0 Å². The fraction of sp³-hybridized carbons (Fsp3) is 0.600. The van der Waals surface area contributed by atoms with Gasteiger partial charge < -0.3 is 15.2 Å². The van der Waals surface area contributed by atoms with Gasteiger partial charge in [-0.2, -0.15) is 8.78 Å². The lowest BCUT2D eigenvalue weighted by Crippen LogP contribution is -2.33. The topological polar surface area (TPSA) is 47.7 Å². The molecule has 0 aliphatic rings. The highest BCUT2D eigenvalue weighted by molar-refractivity contribution is 5.29. The van der Waals surface area contributed by atoms with Crippen LogP contribution in [0.25, 0.3) is 0 Å². The quantitative estimate of drug-likeness (QED) is 0.762. The normalized spacial score (nSPS) is 13.2. The Balaban J connectivity index is 2.62. The molecule has 21 heavy (non-hydrogen) atoms. The van der Waals surface area contributed by atoms with E-state index >= 15 is 0 Å². The van der Waals surface area contributed by atoms with E-state index in [4.69, 9.17) is 10.5 Å². The molecule has 0 fully saturated rings.